The molecule has 0 aliphatic carbocycles. The van der Waals surface area contributed by atoms with E-state index < -0.39 is 0 Å². The summed E-state index contributed by atoms with van der Waals surface area (Å²) < 4.78 is 0. The number of carbonyl (C=O) groups is 1. The van der Waals surface area contributed by atoms with E-state index in [1.54, 1.807) is 0 Å². The molecule has 0 radical (unpaired) electrons. The Labute approximate surface area is 142 Å². The number of benzene rings is 1. The van der Waals surface area contributed by atoms with E-state index in [2.05, 4.69) is 29.8 Å². The summed E-state index contributed by atoms with van der Waals surface area (Å²) in [6.45, 7) is 4.93. The van der Waals surface area contributed by atoms with E-state index in [1.165, 1.54) is 4.88 Å². The molecule has 4 heteroatoms. The molecule has 1 amide bonds. The van der Waals surface area contributed by atoms with Gasteiger partial charge in [-0.1, -0.05) is 31.2 Å². The van der Waals surface area contributed by atoms with E-state index in [4.69, 9.17) is 0 Å². The Kier molecular flexibility index (Phi) is 5.47. The standard InChI is InChI=1S/C19H24N2OS/c1-2-17(18-9-6-12-23-18)20-13-15-10-11-21(14-15)19(22)16-7-4-3-5-8-16/h3-9,12,15,17,20H,2,10-11,13-14H2,1H3/t15-,17+/m1/s1. The molecule has 0 saturated carbocycles. The van der Waals surface area contributed by atoms with E-state index in [-0.39, 0.29) is 5.91 Å². The second-order valence-corrected chi connectivity index (χ2v) is 7.14. The number of hydrogen-bond donors (Lipinski definition) is 1. The van der Waals surface area contributed by atoms with Gasteiger partial charge in [-0.2, -0.15) is 0 Å². The summed E-state index contributed by atoms with van der Waals surface area (Å²) in [6.07, 6.45) is 2.19. The number of rotatable bonds is 6. The van der Waals surface area contributed by atoms with E-state index in [0.29, 0.717) is 12.0 Å². The second kappa shape index (κ2) is 7.75. The minimum absolute atomic E-state index is 0.165. The summed E-state index contributed by atoms with van der Waals surface area (Å²) in [5, 5.41) is 5.82. The molecular formula is C19H24N2OS. The van der Waals surface area contributed by atoms with Crippen molar-refractivity contribution >= 4 is 17.2 Å². The highest BCUT2D eigenvalue weighted by Crippen LogP contribution is 2.23. The maximum absolute atomic E-state index is 12.5. The molecule has 0 unspecified atom stereocenters. The molecule has 1 aliphatic rings. The third-order valence-electron chi connectivity index (χ3n) is 4.54. The SMILES string of the molecule is CC[C@H](NC[C@H]1CCN(C(=O)c2ccccc2)C1)c1cccs1. The first-order valence-corrected chi connectivity index (χ1v) is 9.27. The zero-order valence-electron chi connectivity index (χ0n) is 13.6. The molecule has 1 aromatic carbocycles. The zero-order valence-corrected chi connectivity index (χ0v) is 14.4. The van der Waals surface area contributed by atoms with Crippen LogP contribution < -0.4 is 5.32 Å². The molecular weight excluding hydrogens is 304 g/mol. The quantitative estimate of drug-likeness (QED) is 0.871. The van der Waals surface area contributed by atoms with Crippen LogP contribution in [-0.2, 0) is 0 Å². The van der Waals surface area contributed by atoms with Gasteiger partial charge in [-0.3, -0.25) is 4.79 Å². The molecule has 2 heterocycles. The molecule has 122 valence electrons. The molecule has 2 aromatic rings. The number of thiophene rings is 1. The fourth-order valence-electron chi connectivity index (χ4n) is 3.19. The number of nitrogens with zero attached hydrogens (tertiary/aromatic N) is 1. The average molecular weight is 328 g/mol. The van der Waals surface area contributed by atoms with E-state index in [1.807, 2.05) is 46.6 Å². The third-order valence-corrected chi connectivity index (χ3v) is 5.53. The first-order chi connectivity index (χ1) is 11.3. The van der Waals surface area contributed by atoms with Gasteiger partial charge >= 0.3 is 0 Å². The lowest BCUT2D eigenvalue weighted by Crippen LogP contribution is -2.31. The van der Waals surface area contributed by atoms with Gasteiger partial charge in [-0.05, 0) is 42.3 Å². The average Bonchev–Trinajstić information content (AvgIpc) is 3.27. The number of likely N-dealkylation sites (tertiary alicyclic amines) is 1. The minimum Gasteiger partial charge on any atom is -0.338 e. The number of carbonyl (C=O) groups excluding carboxylic acids is 1. The number of nitrogens with one attached hydrogen (secondary N) is 1. The van der Waals surface area contributed by atoms with Crippen molar-refractivity contribution in [2.75, 3.05) is 19.6 Å². The molecule has 2 atom stereocenters. The Balaban J connectivity index is 1.51. The van der Waals surface area contributed by atoms with Gasteiger partial charge in [-0.25, -0.2) is 0 Å². The lowest BCUT2D eigenvalue weighted by atomic mass is 10.1. The van der Waals surface area contributed by atoms with Crippen molar-refractivity contribution in [3.63, 3.8) is 0 Å². The fourth-order valence-corrected chi connectivity index (χ4v) is 4.08. The van der Waals surface area contributed by atoms with Gasteiger partial charge in [0.2, 0.25) is 0 Å². The molecule has 1 saturated heterocycles. The highest BCUT2D eigenvalue weighted by molar-refractivity contribution is 7.10. The van der Waals surface area contributed by atoms with Crippen LogP contribution in [0.4, 0.5) is 0 Å². The van der Waals surface area contributed by atoms with Crippen molar-refractivity contribution in [2.24, 2.45) is 5.92 Å². The van der Waals surface area contributed by atoms with Gasteiger partial charge in [0.25, 0.3) is 5.91 Å². The zero-order chi connectivity index (χ0) is 16.1. The first-order valence-electron chi connectivity index (χ1n) is 8.39. The van der Waals surface area contributed by atoms with Crippen molar-refractivity contribution < 1.29 is 4.79 Å². The van der Waals surface area contributed by atoms with Crippen molar-refractivity contribution in [3.8, 4) is 0 Å². The predicted octanol–water partition coefficient (Wildman–Crippen LogP) is 3.95. The van der Waals surface area contributed by atoms with Crippen molar-refractivity contribution in [2.45, 2.75) is 25.8 Å². The van der Waals surface area contributed by atoms with Crippen LogP contribution in [0.1, 0.15) is 41.0 Å². The predicted molar refractivity (Wildman–Crippen MR) is 95.8 cm³/mol. The third kappa shape index (κ3) is 4.01. The highest BCUT2D eigenvalue weighted by Gasteiger charge is 2.27. The second-order valence-electron chi connectivity index (χ2n) is 6.16. The van der Waals surface area contributed by atoms with Crippen LogP contribution in [0.15, 0.2) is 47.8 Å². The highest BCUT2D eigenvalue weighted by atomic mass is 32.1. The Morgan fingerprint density at radius 2 is 2.13 bits per heavy atom. The van der Waals surface area contributed by atoms with Gasteiger partial charge in [0.15, 0.2) is 0 Å². The Morgan fingerprint density at radius 1 is 1.30 bits per heavy atom. The van der Waals surface area contributed by atoms with Crippen molar-refractivity contribution in [1.82, 2.24) is 10.2 Å². The Hall–Kier alpha value is -1.65. The Bertz CT molecular complexity index is 612. The molecule has 0 spiro atoms. The van der Waals surface area contributed by atoms with Crippen LogP contribution in [0, 0.1) is 5.92 Å². The van der Waals surface area contributed by atoms with Crippen LogP contribution in [0.2, 0.25) is 0 Å². The van der Waals surface area contributed by atoms with Gasteiger partial charge in [0.1, 0.15) is 0 Å². The van der Waals surface area contributed by atoms with E-state index >= 15 is 0 Å². The summed E-state index contributed by atoms with van der Waals surface area (Å²) in [4.78, 5) is 15.9. The van der Waals surface area contributed by atoms with Gasteiger partial charge in [0, 0.05) is 36.1 Å². The number of amides is 1. The lowest BCUT2D eigenvalue weighted by molar-refractivity contribution is 0.0787. The number of hydrogen-bond acceptors (Lipinski definition) is 3. The molecule has 23 heavy (non-hydrogen) atoms. The normalized spacial score (nSPS) is 19.0. The van der Waals surface area contributed by atoms with E-state index in [0.717, 1.165) is 38.0 Å². The van der Waals surface area contributed by atoms with Crippen LogP contribution >= 0.6 is 11.3 Å². The van der Waals surface area contributed by atoms with Crippen molar-refractivity contribution in [3.05, 3.63) is 58.3 Å². The topological polar surface area (TPSA) is 32.3 Å². The summed E-state index contributed by atoms with van der Waals surface area (Å²) in [5.41, 5.74) is 0.797. The van der Waals surface area contributed by atoms with Gasteiger partial charge in [0.05, 0.1) is 0 Å². The minimum atomic E-state index is 0.165. The maximum Gasteiger partial charge on any atom is 0.253 e. The monoisotopic (exact) mass is 328 g/mol. The molecule has 3 rings (SSSR count). The van der Waals surface area contributed by atoms with Crippen LogP contribution in [0.5, 0.6) is 0 Å². The van der Waals surface area contributed by atoms with Gasteiger partial charge in [-0.15, -0.1) is 11.3 Å². The van der Waals surface area contributed by atoms with E-state index in [9.17, 15) is 4.79 Å². The Morgan fingerprint density at radius 3 is 2.83 bits per heavy atom. The molecule has 3 nitrogen and oxygen atoms in total. The smallest absolute Gasteiger partial charge is 0.253 e. The van der Waals surface area contributed by atoms with Crippen molar-refractivity contribution in [1.29, 1.82) is 0 Å². The fraction of sp³-hybridized carbons (Fsp3) is 0.421. The van der Waals surface area contributed by atoms with Crippen LogP contribution in [-0.4, -0.2) is 30.4 Å². The summed E-state index contributed by atoms with van der Waals surface area (Å²) in [7, 11) is 0. The first kappa shape index (κ1) is 16.2. The summed E-state index contributed by atoms with van der Waals surface area (Å²) >= 11 is 1.81. The molecule has 1 aliphatic heterocycles. The summed E-state index contributed by atoms with van der Waals surface area (Å²) in [5.74, 6) is 0.718. The summed E-state index contributed by atoms with van der Waals surface area (Å²) in [6, 6.07) is 14.4. The lowest BCUT2D eigenvalue weighted by Gasteiger charge is -2.20. The van der Waals surface area contributed by atoms with Crippen LogP contribution in [0.25, 0.3) is 0 Å². The largest absolute Gasteiger partial charge is 0.338 e. The molecule has 1 aromatic heterocycles. The maximum atomic E-state index is 12.5. The molecule has 1 fully saturated rings. The molecule has 0 bridgehead atoms. The van der Waals surface area contributed by atoms with Gasteiger partial charge < -0.3 is 10.2 Å². The molecule has 1 N–H and O–H groups in total. The van der Waals surface area contributed by atoms with Crippen LogP contribution in [0.3, 0.4) is 0 Å².